The molecule has 0 unspecified atom stereocenters. The summed E-state index contributed by atoms with van der Waals surface area (Å²) >= 11 is 0. The largest absolute Gasteiger partial charge is 0.676 e. The van der Waals surface area contributed by atoms with Crippen molar-refractivity contribution in [3.63, 3.8) is 0 Å². The molecule has 2 amide bonds. The average molecular weight is 468 g/mol. The van der Waals surface area contributed by atoms with Crippen LogP contribution in [0, 0.1) is 5.41 Å². The lowest BCUT2D eigenvalue weighted by atomic mass is 9.86. The Hall–Kier alpha value is -2.30. The monoisotopic (exact) mass is 467 g/mol. The van der Waals surface area contributed by atoms with Crippen LogP contribution in [0.3, 0.4) is 0 Å². The van der Waals surface area contributed by atoms with Crippen LogP contribution in [0.5, 0.6) is 5.75 Å². The highest BCUT2D eigenvalue weighted by atomic mass is 19.3. The summed E-state index contributed by atoms with van der Waals surface area (Å²) in [5.41, 5.74) is 8.43. The second-order valence-electron chi connectivity index (χ2n) is 9.68. The van der Waals surface area contributed by atoms with Crippen molar-refractivity contribution in [3.8, 4) is 5.75 Å². The molecule has 0 bridgehead atoms. The molecule has 0 radical (unpaired) electrons. The van der Waals surface area contributed by atoms with Crippen LogP contribution in [0.15, 0.2) is 18.2 Å². The van der Waals surface area contributed by atoms with Gasteiger partial charge in [-0.25, -0.2) is 0 Å². The van der Waals surface area contributed by atoms with Gasteiger partial charge in [0, 0.05) is 30.9 Å². The summed E-state index contributed by atoms with van der Waals surface area (Å²) < 4.78 is 36.0. The van der Waals surface area contributed by atoms with Gasteiger partial charge in [-0.3, -0.25) is 14.5 Å². The summed E-state index contributed by atoms with van der Waals surface area (Å²) in [6, 6.07) is 3.86. The van der Waals surface area contributed by atoms with Crippen LogP contribution in [-0.4, -0.2) is 68.3 Å². The third-order valence-corrected chi connectivity index (χ3v) is 5.83. The van der Waals surface area contributed by atoms with E-state index in [0.717, 1.165) is 19.3 Å². The molecule has 1 aromatic rings. The van der Waals surface area contributed by atoms with E-state index in [1.54, 1.807) is 6.07 Å². The van der Waals surface area contributed by atoms with E-state index >= 15 is 0 Å². The molecule has 3 rings (SSSR count). The first-order valence-electron chi connectivity index (χ1n) is 11.3. The van der Waals surface area contributed by atoms with Crippen LogP contribution in [0.2, 0.25) is 0 Å². The van der Waals surface area contributed by atoms with E-state index < -0.39 is 18.6 Å². The Morgan fingerprint density at radius 1 is 1.36 bits per heavy atom. The smallest absolute Gasteiger partial charge is 0.387 e. The van der Waals surface area contributed by atoms with Crippen LogP contribution in [0.1, 0.15) is 40.0 Å². The SMILES string of the molecule is CC(C)(C)CN(C1CCC1)[C@@H](C[NH-])C(=O)Nc1ccc(N2CCOCC2=O)cc1OC(F)F. The quantitative estimate of drug-likeness (QED) is 0.594. The molecular weight excluding hydrogens is 434 g/mol. The summed E-state index contributed by atoms with van der Waals surface area (Å²) in [4.78, 5) is 28.8. The maximum Gasteiger partial charge on any atom is 0.387 e. The normalized spacial score (nSPS) is 18.4. The second kappa shape index (κ2) is 10.8. The molecule has 184 valence electrons. The fourth-order valence-electron chi connectivity index (χ4n) is 4.10. The molecule has 1 saturated heterocycles. The molecule has 0 spiro atoms. The van der Waals surface area contributed by atoms with Gasteiger partial charge in [-0.15, -0.1) is 6.54 Å². The molecule has 2 N–H and O–H groups in total. The summed E-state index contributed by atoms with van der Waals surface area (Å²) in [7, 11) is 0. The molecule has 33 heavy (non-hydrogen) atoms. The minimum Gasteiger partial charge on any atom is -0.676 e. The number of carbonyl (C=O) groups excluding carboxylic acids is 2. The number of nitrogens with one attached hydrogen (secondary N) is 2. The maximum absolute atomic E-state index is 13.2. The van der Waals surface area contributed by atoms with Gasteiger partial charge in [0.1, 0.15) is 6.61 Å². The van der Waals surface area contributed by atoms with Crippen LogP contribution in [0.25, 0.3) is 5.73 Å². The zero-order chi connectivity index (χ0) is 24.2. The van der Waals surface area contributed by atoms with Gasteiger partial charge in [-0.2, -0.15) is 8.78 Å². The van der Waals surface area contributed by atoms with Gasteiger partial charge in [0.2, 0.25) is 5.91 Å². The molecule has 2 fully saturated rings. The lowest BCUT2D eigenvalue weighted by Gasteiger charge is -2.45. The number of rotatable bonds is 9. The van der Waals surface area contributed by atoms with Crippen LogP contribution in [-0.2, 0) is 14.3 Å². The minimum atomic E-state index is -3.10. The lowest BCUT2D eigenvalue weighted by molar-refractivity contribution is -0.125. The molecule has 8 nitrogen and oxygen atoms in total. The van der Waals surface area contributed by atoms with Gasteiger partial charge in [-0.1, -0.05) is 27.2 Å². The number of benzene rings is 1. The topological polar surface area (TPSA) is 94.9 Å². The van der Waals surface area contributed by atoms with E-state index in [1.807, 2.05) is 0 Å². The first kappa shape index (κ1) is 25.3. The molecule has 1 atom stereocenters. The highest BCUT2D eigenvalue weighted by Crippen LogP contribution is 2.34. The fourth-order valence-corrected chi connectivity index (χ4v) is 4.10. The Bertz CT molecular complexity index is 842. The van der Waals surface area contributed by atoms with Gasteiger partial charge < -0.3 is 25.4 Å². The Kier molecular flexibility index (Phi) is 8.25. The maximum atomic E-state index is 13.2. The first-order valence-corrected chi connectivity index (χ1v) is 11.3. The molecule has 1 aliphatic carbocycles. The number of carbonyl (C=O) groups is 2. The van der Waals surface area contributed by atoms with Crippen molar-refractivity contribution in [1.29, 1.82) is 0 Å². The minimum absolute atomic E-state index is 0.0699. The van der Waals surface area contributed by atoms with E-state index in [2.05, 4.69) is 35.7 Å². The van der Waals surface area contributed by atoms with Crippen molar-refractivity contribution in [3.05, 3.63) is 23.9 Å². The number of ether oxygens (including phenoxy) is 2. The zero-order valence-electron chi connectivity index (χ0n) is 19.4. The van der Waals surface area contributed by atoms with Gasteiger partial charge >= 0.3 is 6.61 Å². The van der Waals surface area contributed by atoms with Gasteiger partial charge in [0.25, 0.3) is 5.91 Å². The molecule has 0 aromatic heterocycles. The number of morpholine rings is 1. The summed E-state index contributed by atoms with van der Waals surface area (Å²) in [6.07, 6.45) is 3.04. The number of alkyl halides is 2. The van der Waals surface area contributed by atoms with Crippen molar-refractivity contribution in [2.75, 3.05) is 43.1 Å². The summed E-state index contributed by atoms with van der Waals surface area (Å²) in [5.74, 6) is -0.950. The number of hydrogen-bond acceptors (Lipinski definition) is 5. The summed E-state index contributed by atoms with van der Waals surface area (Å²) in [5, 5.41) is 2.69. The molecular formula is C23H33F2N4O4-. The van der Waals surface area contributed by atoms with Crippen molar-refractivity contribution >= 4 is 23.2 Å². The Morgan fingerprint density at radius 3 is 2.64 bits per heavy atom. The Balaban J connectivity index is 1.83. The average Bonchev–Trinajstić information content (AvgIpc) is 2.67. The van der Waals surface area contributed by atoms with E-state index in [1.165, 1.54) is 17.0 Å². The zero-order valence-corrected chi connectivity index (χ0v) is 19.4. The number of halogens is 2. The predicted octanol–water partition coefficient (Wildman–Crippen LogP) is 3.91. The van der Waals surface area contributed by atoms with E-state index in [4.69, 9.17) is 10.5 Å². The predicted molar refractivity (Wildman–Crippen MR) is 122 cm³/mol. The number of anilines is 2. The van der Waals surface area contributed by atoms with Crippen LogP contribution < -0.4 is 15.0 Å². The third kappa shape index (κ3) is 6.61. The second-order valence-corrected chi connectivity index (χ2v) is 9.68. The molecule has 10 heteroatoms. The van der Waals surface area contributed by atoms with E-state index in [9.17, 15) is 18.4 Å². The molecule has 1 aliphatic heterocycles. The van der Waals surface area contributed by atoms with Crippen molar-refractivity contribution < 1.29 is 27.8 Å². The lowest BCUT2D eigenvalue weighted by Crippen LogP contribution is -2.55. The van der Waals surface area contributed by atoms with Crippen molar-refractivity contribution in [1.82, 2.24) is 4.90 Å². The number of hydrogen-bond donors (Lipinski definition) is 1. The Labute approximate surface area is 193 Å². The molecule has 1 saturated carbocycles. The van der Waals surface area contributed by atoms with Crippen molar-refractivity contribution in [2.24, 2.45) is 5.41 Å². The van der Waals surface area contributed by atoms with E-state index in [0.29, 0.717) is 25.4 Å². The molecule has 1 heterocycles. The fraction of sp³-hybridized carbons (Fsp3) is 0.652. The molecule has 1 aromatic carbocycles. The summed E-state index contributed by atoms with van der Waals surface area (Å²) in [6.45, 7) is 4.19. The third-order valence-electron chi connectivity index (χ3n) is 5.83. The van der Waals surface area contributed by atoms with Gasteiger partial charge in [0.05, 0.1) is 18.3 Å². The van der Waals surface area contributed by atoms with E-state index in [-0.39, 0.29) is 42.0 Å². The van der Waals surface area contributed by atoms with Gasteiger partial charge in [-0.05, 0) is 30.4 Å². The van der Waals surface area contributed by atoms with Crippen LogP contribution >= 0.6 is 0 Å². The van der Waals surface area contributed by atoms with Crippen LogP contribution in [0.4, 0.5) is 20.2 Å². The molecule has 2 aliphatic rings. The highest BCUT2D eigenvalue weighted by molar-refractivity contribution is 5.98. The van der Waals surface area contributed by atoms with Gasteiger partial charge in [0.15, 0.2) is 5.75 Å². The van der Waals surface area contributed by atoms with Crippen molar-refractivity contribution in [2.45, 2.75) is 58.7 Å². The number of nitrogens with zero attached hydrogens (tertiary/aromatic N) is 2. The number of amides is 2. The standard InChI is InChI=1S/C23H33F2N4O4/c1-23(2,3)14-29(15-5-4-6-15)18(12-26)21(31)27-17-8-7-16(11-19(17)33-22(24)25)28-9-10-32-13-20(28)30/h7-8,11,15,18,22,26H,4-6,9-10,12-14H2,1-3H3,(H,27,31)/q-1/t18-/m0/s1. The first-order chi connectivity index (χ1) is 15.6. The Morgan fingerprint density at radius 2 is 2.09 bits per heavy atom. The highest BCUT2D eigenvalue weighted by Gasteiger charge is 2.35.